The van der Waals surface area contributed by atoms with Gasteiger partial charge in [0.15, 0.2) is 0 Å². The van der Waals surface area contributed by atoms with Gasteiger partial charge >= 0.3 is 0 Å². The fourth-order valence-electron chi connectivity index (χ4n) is 2.47. The molecule has 0 aromatic heterocycles. The maximum Gasteiger partial charge on any atom is 0.223 e. The van der Waals surface area contributed by atoms with Crippen LogP contribution in [0.25, 0.3) is 0 Å². The van der Waals surface area contributed by atoms with E-state index in [1.54, 1.807) is 7.11 Å². The predicted octanol–water partition coefficient (Wildman–Crippen LogP) is 3.03. The van der Waals surface area contributed by atoms with Gasteiger partial charge in [0.1, 0.15) is 5.75 Å². The van der Waals surface area contributed by atoms with Gasteiger partial charge in [-0.15, -0.1) is 0 Å². The Bertz CT molecular complexity index is 436. The summed E-state index contributed by atoms with van der Waals surface area (Å²) in [4.78, 5) is 14.3. The van der Waals surface area contributed by atoms with Crippen molar-refractivity contribution in [2.45, 2.75) is 51.6 Å². The Balaban J connectivity index is 1.91. The van der Waals surface area contributed by atoms with Crippen LogP contribution in [0, 0.1) is 0 Å². The van der Waals surface area contributed by atoms with Crippen molar-refractivity contribution in [2.75, 3.05) is 7.11 Å². The van der Waals surface area contributed by atoms with Crippen LogP contribution in [0.3, 0.4) is 0 Å². The van der Waals surface area contributed by atoms with Gasteiger partial charge < -0.3 is 9.64 Å². The molecule has 1 fully saturated rings. The lowest BCUT2D eigenvalue weighted by Gasteiger charge is -2.26. The molecule has 0 atom stereocenters. The van der Waals surface area contributed by atoms with E-state index in [2.05, 4.69) is 18.7 Å². The first kappa shape index (κ1) is 13.9. The second kappa shape index (κ2) is 6.09. The monoisotopic (exact) mass is 261 g/mol. The van der Waals surface area contributed by atoms with E-state index in [1.165, 1.54) is 12.8 Å². The normalized spacial score (nSPS) is 14.5. The highest BCUT2D eigenvalue weighted by Gasteiger charge is 2.33. The number of hydrogen-bond acceptors (Lipinski definition) is 2. The summed E-state index contributed by atoms with van der Waals surface area (Å²) in [6.07, 6.45) is 3.71. The number of methoxy groups -OCH3 is 1. The van der Waals surface area contributed by atoms with E-state index in [-0.39, 0.29) is 5.91 Å². The first-order valence-corrected chi connectivity index (χ1v) is 7.06. The molecule has 0 radical (unpaired) electrons. The van der Waals surface area contributed by atoms with E-state index >= 15 is 0 Å². The number of rotatable bonds is 6. The predicted molar refractivity (Wildman–Crippen MR) is 76.3 cm³/mol. The minimum atomic E-state index is 0.278. The molecule has 0 bridgehead atoms. The maximum absolute atomic E-state index is 12.3. The standard InChI is InChI=1S/C16H23NO2/c1-12(2)17(14-8-9-14)16(18)10-7-13-5-4-6-15(11-13)19-3/h4-6,11-12,14H,7-10H2,1-3H3. The van der Waals surface area contributed by atoms with Gasteiger partial charge in [-0.25, -0.2) is 0 Å². The molecule has 1 aliphatic carbocycles. The minimum absolute atomic E-state index is 0.278. The Kier molecular flexibility index (Phi) is 4.46. The lowest BCUT2D eigenvalue weighted by molar-refractivity contribution is -0.133. The smallest absolute Gasteiger partial charge is 0.223 e. The van der Waals surface area contributed by atoms with Gasteiger partial charge in [-0.2, -0.15) is 0 Å². The van der Waals surface area contributed by atoms with Crippen LogP contribution in [-0.2, 0) is 11.2 Å². The number of benzene rings is 1. The Hall–Kier alpha value is -1.51. The van der Waals surface area contributed by atoms with E-state index < -0.39 is 0 Å². The van der Waals surface area contributed by atoms with Gasteiger partial charge in [0, 0.05) is 18.5 Å². The summed E-state index contributed by atoms with van der Waals surface area (Å²) in [5, 5.41) is 0. The first-order chi connectivity index (χ1) is 9.11. The van der Waals surface area contributed by atoms with Crippen molar-refractivity contribution < 1.29 is 9.53 Å². The molecular formula is C16H23NO2. The zero-order valence-corrected chi connectivity index (χ0v) is 12.1. The first-order valence-electron chi connectivity index (χ1n) is 7.06. The lowest BCUT2D eigenvalue weighted by atomic mass is 10.1. The number of amides is 1. The Morgan fingerprint density at radius 1 is 1.42 bits per heavy atom. The highest BCUT2D eigenvalue weighted by atomic mass is 16.5. The van der Waals surface area contributed by atoms with E-state index in [0.717, 1.165) is 17.7 Å². The number of aryl methyl sites for hydroxylation is 1. The zero-order valence-electron chi connectivity index (χ0n) is 12.1. The summed E-state index contributed by atoms with van der Waals surface area (Å²) >= 11 is 0. The second-order valence-electron chi connectivity index (χ2n) is 5.48. The molecule has 1 amide bonds. The second-order valence-corrected chi connectivity index (χ2v) is 5.48. The summed E-state index contributed by atoms with van der Waals surface area (Å²) in [6.45, 7) is 4.20. The van der Waals surface area contributed by atoms with Crippen LogP contribution in [-0.4, -0.2) is 30.0 Å². The molecule has 1 aromatic carbocycles. The summed E-state index contributed by atoms with van der Waals surface area (Å²) in [7, 11) is 1.66. The molecule has 1 saturated carbocycles. The van der Waals surface area contributed by atoms with Gasteiger partial charge in [0.25, 0.3) is 0 Å². The molecule has 0 aliphatic heterocycles. The fraction of sp³-hybridized carbons (Fsp3) is 0.562. The topological polar surface area (TPSA) is 29.5 Å². The van der Waals surface area contributed by atoms with Crippen LogP contribution in [0.1, 0.15) is 38.7 Å². The highest BCUT2D eigenvalue weighted by molar-refractivity contribution is 5.77. The molecule has 19 heavy (non-hydrogen) atoms. The Morgan fingerprint density at radius 2 is 2.16 bits per heavy atom. The third-order valence-corrected chi connectivity index (χ3v) is 3.55. The quantitative estimate of drug-likeness (QED) is 0.787. The number of carbonyl (C=O) groups is 1. The molecule has 1 aromatic rings. The van der Waals surface area contributed by atoms with Crippen molar-refractivity contribution in [3.05, 3.63) is 29.8 Å². The summed E-state index contributed by atoms with van der Waals surface area (Å²) in [5.74, 6) is 1.13. The van der Waals surface area contributed by atoms with Crippen LogP contribution in [0.15, 0.2) is 24.3 Å². The number of carbonyl (C=O) groups excluding carboxylic acids is 1. The van der Waals surface area contributed by atoms with Crippen molar-refractivity contribution in [3.8, 4) is 5.75 Å². The third kappa shape index (κ3) is 3.72. The molecule has 0 unspecified atom stereocenters. The highest BCUT2D eigenvalue weighted by Crippen LogP contribution is 2.29. The maximum atomic E-state index is 12.3. The molecule has 0 saturated heterocycles. The Morgan fingerprint density at radius 3 is 2.74 bits per heavy atom. The molecular weight excluding hydrogens is 238 g/mol. The van der Waals surface area contributed by atoms with Gasteiger partial charge in [-0.05, 0) is 50.8 Å². The SMILES string of the molecule is COc1cccc(CCC(=O)N(C(C)C)C2CC2)c1. The van der Waals surface area contributed by atoms with Crippen molar-refractivity contribution in [2.24, 2.45) is 0 Å². The molecule has 3 nitrogen and oxygen atoms in total. The molecule has 0 N–H and O–H groups in total. The van der Waals surface area contributed by atoms with E-state index in [9.17, 15) is 4.79 Å². The van der Waals surface area contributed by atoms with Crippen molar-refractivity contribution in [3.63, 3.8) is 0 Å². The largest absolute Gasteiger partial charge is 0.497 e. The van der Waals surface area contributed by atoms with Crippen molar-refractivity contribution >= 4 is 5.91 Å². The molecule has 104 valence electrons. The summed E-state index contributed by atoms with van der Waals surface area (Å²) in [5.41, 5.74) is 1.16. The third-order valence-electron chi connectivity index (χ3n) is 3.55. The molecule has 0 spiro atoms. The average Bonchev–Trinajstić information content (AvgIpc) is 3.21. The van der Waals surface area contributed by atoms with Gasteiger partial charge in [-0.3, -0.25) is 4.79 Å². The Labute approximate surface area is 115 Å². The van der Waals surface area contributed by atoms with Crippen LogP contribution in [0.2, 0.25) is 0 Å². The van der Waals surface area contributed by atoms with E-state index in [0.29, 0.717) is 18.5 Å². The number of ether oxygens (including phenoxy) is 1. The van der Waals surface area contributed by atoms with Crippen molar-refractivity contribution in [1.29, 1.82) is 0 Å². The minimum Gasteiger partial charge on any atom is -0.497 e. The zero-order chi connectivity index (χ0) is 13.8. The van der Waals surface area contributed by atoms with Crippen LogP contribution < -0.4 is 4.74 Å². The van der Waals surface area contributed by atoms with Crippen LogP contribution in [0.4, 0.5) is 0 Å². The lowest BCUT2D eigenvalue weighted by Crippen LogP contribution is -2.38. The summed E-state index contributed by atoms with van der Waals surface area (Å²) in [6, 6.07) is 8.76. The van der Waals surface area contributed by atoms with Crippen LogP contribution in [0.5, 0.6) is 5.75 Å². The van der Waals surface area contributed by atoms with E-state index in [4.69, 9.17) is 4.74 Å². The summed E-state index contributed by atoms with van der Waals surface area (Å²) < 4.78 is 5.20. The number of hydrogen-bond donors (Lipinski definition) is 0. The van der Waals surface area contributed by atoms with Gasteiger partial charge in [0.2, 0.25) is 5.91 Å². The van der Waals surface area contributed by atoms with E-state index in [1.807, 2.05) is 24.3 Å². The molecule has 2 rings (SSSR count). The number of nitrogens with zero attached hydrogens (tertiary/aromatic N) is 1. The molecule has 1 aliphatic rings. The van der Waals surface area contributed by atoms with Gasteiger partial charge in [-0.1, -0.05) is 12.1 Å². The van der Waals surface area contributed by atoms with Crippen molar-refractivity contribution in [1.82, 2.24) is 4.90 Å². The van der Waals surface area contributed by atoms with Gasteiger partial charge in [0.05, 0.1) is 7.11 Å². The fourth-order valence-corrected chi connectivity index (χ4v) is 2.47. The average molecular weight is 261 g/mol. The molecule has 3 heteroatoms. The molecule has 0 heterocycles. The van der Waals surface area contributed by atoms with Crippen LogP contribution >= 0.6 is 0 Å².